The highest BCUT2D eigenvalue weighted by Crippen LogP contribution is 2.21. The molecule has 116 valence electrons. The van der Waals surface area contributed by atoms with Gasteiger partial charge in [0.2, 0.25) is 0 Å². The fourth-order valence-electron chi connectivity index (χ4n) is 3.29. The fraction of sp³-hybridized carbons (Fsp3) is 0.625. The quantitative estimate of drug-likeness (QED) is 0.900. The molecule has 0 amide bonds. The number of nitrogens with zero attached hydrogens (tertiary/aromatic N) is 2. The Morgan fingerprint density at radius 2 is 1.86 bits per heavy atom. The van der Waals surface area contributed by atoms with Gasteiger partial charge in [0.1, 0.15) is 12.4 Å². The van der Waals surface area contributed by atoms with E-state index in [1.807, 2.05) is 24.3 Å². The molecule has 2 saturated heterocycles. The van der Waals surface area contributed by atoms with Crippen LogP contribution < -0.4 is 4.74 Å². The summed E-state index contributed by atoms with van der Waals surface area (Å²) in [6, 6.07) is 7.74. The molecular formula is C16H23ClN2O2. The number of benzene rings is 1. The van der Waals surface area contributed by atoms with Crippen LogP contribution in [0.1, 0.15) is 12.8 Å². The molecule has 0 aliphatic carbocycles. The summed E-state index contributed by atoms with van der Waals surface area (Å²) in [6.07, 6.45) is 2.31. The van der Waals surface area contributed by atoms with Crippen LogP contribution in [-0.2, 0) is 0 Å². The summed E-state index contributed by atoms with van der Waals surface area (Å²) in [6.45, 7) is 5.47. The third-order valence-electron chi connectivity index (χ3n) is 4.43. The second kappa shape index (κ2) is 6.97. The number of hydrogen-bond acceptors (Lipinski definition) is 4. The zero-order valence-corrected chi connectivity index (χ0v) is 13.0. The SMILES string of the molecule is O[C@H]1CN(CCOc2ccc(Cl)cc2)C[C@@H]1N1CCCC1. The largest absolute Gasteiger partial charge is 0.492 e. The Labute approximate surface area is 131 Å². The number of halogens is 1. The van der Waals surface area contributed by atoms with Gasteiger partial charge in [-0.15, -0.1) is 0 Å². The molecule has 4 nitrogen and oxygen atoms in total. The first-order chi connectivity index (χ1) is 10.2. The summed E-state index contributed by atoms with van der Waals surface area (Å²) >= 11 is 5.85. The van der Waals surface area contributed by atoms with Crippen LogP contribution in [0.4, 0.5) is 0 Å². The third kappa shape index (κ3) is 3.89. The lowest BCUT2D eigenvalue weighted by Crippen LogP contribution is -2.41. The van der Waals surface area contributed by atoms with Gasteiger partial charge in [0.25, 0.3) is 0 Å². The predicted octanol–water partition coefficient (Wildman–Crippen LogP) is 1.86. The second-order valence-electron chi connectivity index (χ2n) is 5.94. The van der Waals surface area contributed by atoms with Gasteiger partial charge in [0.15, 0.2) is 0 Å². The molecule has 3 rings (SSSR count). The van der Waals surface area contributed by atoms with Crippen molar-refractivity contribution in [2.24, 2.45) is 0 Å². The van der Waals surface area contributed by atoms with Crippen molar-refractivity contribution >= 4 is 11.6 Å². The van der Waals surface area contributed by atoms with Crippen molar-refractivity contribution in [2.45, 2.75) is 25.0 Å². The molecule has 0 radical (unpaired) electrons. The Hall–Kier alpha value is -0.810. The molecule has 2 aliphatic heterocycles. The van der Waals surface area contributed by atoms with E-state index in [0.717, 1.165) is 43.5 Å². The van der Waals surface area contributed by atoms with Crippen LogP contribution in [0.5, 0.6) is 5.75 Å². The van der Waals surface area contributed by atoms with Crippen molar-refractivity contribution in [3.05, 3.63) is 29.3 Å². The van der Waals surface area contributed by atoms with Crippen LogP contribution in [0, 0.1) is 0 Å². The van der Waals surface area contributed by atoms with Gasteiger partial charge in [-0.3, -0.25) is 9.80 Å². The van der Waals surface area contributed by atoms with Gasteiger partial charge in [-0.2, -0.15) is 0 Å². The minimum Gasteiger partial charge on any atom is -0.492 e. The summed E-state index contributed by atoms with van der Waals surface area (Å²) in [7, 11) is 0. The minimum atomic E-state index is -0.223. The summed E-state index contributed by atoms with van der Waals surface area (Å²) in [5.74, 6) is 0.843. The van der Waals surface area contributed by atoms with E-state index in [1.54, 1.807) is 0 Å². The summed E-state index contributed by atoms with van der Waals surface area (Å²) in [5, 5.41) is 10.9. The molecule has 21 heavy (non-hydrogen) atoms. The summed E-state index contributed by atoms with van der Waals surface area (Å²) in [5.41, 5.74) is 0. The second-order valence-corrected chi connectivity index (χ2v) is 6.38. The van der Waals surface area contributed by atoms with E-state index in [9.17, 15) is 5.11 Å². The number of β-amino-alcohol motifs (C(OH)–C–C–N with tert-alkyl or cyclic N) is 1. The van der Waals surface area contributed by atoms with Gasteiger partial charge in [0.05, 0.1) is 6.10 Å². The van der Waals surface area contributed by atoms with E-state index >= 15 is 0 Å². The van der Waals surface area contributed by atoms with Gasteiger partial charge in [0, 0.05) is 30.7 Å². The smallest absolute Gasteiger partial charge is 0.119 e. The first-order valence-electron chi connectivity index (χ1n) is 7.75. The molecular weight excluding hydrogens is 288 g/mol. The molecule has 1 aromatic carbocycles. The lowest BCUT2D eigenvalue weighted by atomic mass is 10.2. The van der Waals surface area contributed by atoms with E-state index in [-0.39, 0.29) is 6.10 Å². The number of aliphatic hydroxyl groups is 1. The van der Waals surface area contributed by atoms with Crippen LogP contribution >= 0.6 is 11.6 Å². The van der Waals surface area contributed by atoms with E-state index in [4.69, 9.17) is 16.3 Å². The van der Waals surface area contributed by atoms with Crippen molar-refractivity contribution in [2.75, 3.05) is 39.3 Å². The molecule has 0 aromatic heterocycles. The maximum atomic E-state index is 10.2. The van der Waals surface area contributed by atoms with Crippen LogP contribution in [0.2, 0.25) is 5.02 Å². The number of aliphatic hydroxyl groups excluding tert-OH is 1. The Bertz CT molecular complexity index is 448. The highest BCUT2D eigenvalue weighted by Gasteiger charge is 2.36. The zero-order chi connectivity index (χ0) is 14.7. The van der Waals surface area contributed by atoms with Crippen LogP contribution in [0.15, 0.2) is 24.3 Å². The van der Waals surface area contributed by atoms with Crippen molar-refractivity contribution < 1.29 is 9.84 Å². The first-order valence-corrected chi connectivity index (χ1v) is 8.13. The predicted molar refractivity (Wildman–Crippen MR) is 84.0 cm³/mol. The topological polar surface area (TPSA) is 35.9 Å². The lowest BCUT2D eigenvalue weighted by molar-refractivity contribution is 0.0977. The van der Waals surface area contributed by atoms with Crippen LogP contribution in [0.3, 0.4) is 0 Å². The fourth-order valence-corrected chi connectivity index (χ4v) is 3.41. The molecule has 2 fully saturated rings. The van der Waals surface area contributed by atoms with Crippen molar-refractivity contribution in [1.82, 2.24) is 9.80 Å². The molecule has 1 aromatic rings. The normalized spacial score (nSPS) is 27.3. The Morgan fingerprint density at radius 3 is 2.57 bits per heavy atom. The molecule has 0 spiro atoms. The molecule has 2 atom stereocenters. The highest BCUT2D eigenvalue weighted by atomic mass is 35.5. The average molecular weight is 311 g/mol. The first kappa shape index (κ1) is 15.1. The molecule has 0 saturated carbocycles. The van der Waals surface area contributed by atoms with E-state index < -0.39 is 0 Å². The zero-order valence-electron chi connectivity index (χ0n) is 12.2. The Balaban J connectivity index is 1.43. The monoisotopic (exact) mass is 310 g/mol. The van der Waals surface area contributed by atoms with Gasteiger partial charge < -0.3 is 9.84 Å². The molecule has 2 heterocycles. The van der Waals surface area contributed by atoms with Gasteiger partial charge in [-0.05, 0) is 50.2 Å². The Morgan fingerprint density at radius 1 is 1.14 bits per heavy atom. The van der Waals surface area contributed by atoms with Crippen LogP contribution in [0.25, 0.3) is 0 Å². The summed E-state index contributed by atoms with van der Waals surface area (Å²) < 4.78 is 5.72. The third-order valence-corrected chi connectivity index (χ3v) is 4.69. The van der Waals surface area contributed by atoms with Gasteiger partial charge >= 0.3 is 0 Å². The van der Waals surface area contributed by atoms with Crippen molar-refractivity contribution in [3.8, 4) is 5.75 Å². The molecule has 2 aliphatic rings. The standard InChI is InChI=1S/C16H23ClN2O2/c17-13-3-5-14(6-4-13)21-10-9-18-11-15(16(20)12-18)19-7-1-2-8-19/h3-6,15-16,20H,1-2,7-12H2/t15-,16-/m0/s1. The van der Waals surface area contributed by atoms with Gasteiger partial charge in [-0.1, -0.05) is 11.6 Å². The number of rotatable bonds is 5. The Kier molecular flexibility index (Phi) is 5.01. The minimum absolute atomic E-state index is 0.223. The highest BCUT2D eigenvalue weighted by molar-refractivity contribution is 6.30. The van der Waals surface area contributed by atoms with Crippen molar-refractivity contribution in [3.63, 3.8) is 0 Å². The van der Waals surface area contributed by atoms with E-state index in [1.165, 1.54) is 12.8 Å². The summed E-state index contributed by atoms with van der Waals surface area (Å²) in [4.78, 5) is 4.73. The average Bonchev–Trinajstić information content (AvgIpc) is 3.10. The van der Waals surface area contributed by atoms with Crippen LogP contribution in [-0.4, -0.2) is 66.4 Å². The lowest BCUT2D eigenvalue weighted by Gasteiger charge is -2.25. The number of hydrogen-bond donors (Lipinski definition) is 1. The molecule has 1 N–H and O–H groups in total. The molecule has 0 bridgehead atoms. The van der Waals surface area contributed by atoms with Gasteiger partial charge in [-0.25, -0.2) is 0 Å². The maximum Gasteiger partial charge on any atom is 0.119 e. The van der Waals surface area contributed by atoms with Crippen molar-refractivity contribution in [1.29, 1.82) is 0 Å². The van der Waals surface area contributed by atoms with E-state index in [0.29, 0.717) is 12.6 Å². The number of ether oxygens (including phenoxy) is 1. The molecule has 5 heteroatoms. The number of likely N-dealkylation sites (tertiary alicyclic amines) is 2. The maximum absolute atomic E-state index is 10.2. The molecule has 0 unspecified atom stereocenters. The van der Waals surface area contributed by atoms with E-state index in [2.05, 4.69) is 9.80 Å².